The van der Waals surface area contributed by atoms with Gasteiger partial charge < -0.3 is 10.6 Å². The van der Waals surface area contributed by atoms with Crippen molar-refractivity contribution in [2.24, 2.45) is 7.05 Å². The van der Waals surface area contributed by atoms with E-state index in [1.54, 1.807) is 13.1 Å². The van der Waals surface area contributed by atoms with E-state index in [4.69, 9.17) is 0 Å². The summed E-state index contributed by atoms with van der Waals surface area (Å²) in [4.78, 5) is 17.1. The fourth-order valence-electron chi connectivity index (χ4n) is 4.05. The number of aromatic nitrogens is 3. The first-order valence-electron chi connectivity index (χ1n) is 10.3. The fourth-order valence-corrected chi connectivity index (χ4v) is 4.05. The normalized spacial score (nSPS) is 17.8. The van der Waals surface area contributed by atoms with E-state index in [1.165, 1.54) is 23.9 Å². The van der Waals surface area contributed by atoms with Crippen LogP contribution in [0, 0.1) is 5.82 Å². The van der Waals surface area contributed by atoms with Crippen LogP contribution in [-0.2, 0) is 7.05 Å². The number of rotatable bonds is 5. The van der Waals surface area contributed by atoms with E-state index < -0.39 is 23.8 Å². The van der Waals surface area contributed by atoms with E-state index in [-0.39, 0.29) is 17.0 Å². The molecular weight excluding hydrogens is 407 g/mol. The Kier molecular flexibility index (Phi) is 5.95. The van der Waals surface area contributed by atoms with E-state index >= 15 is 0 Å². The lowest BCUT2D eigenvalue weighted by atomic mass is 9.95. The van der Waals surface area contributed by atoms with Gasteiger partial charge in [-0.1, -0.05) is 18.2 Å². The zero-order valence-corrected chi connectivity index (χ0v) is 17.3. The minimum Gasteiger partial charge on any atom is -0.361 e. The van der Waals surface area contributed by atoms with Crippen LogP contribution in [-0.4, -0.2) is 27.9 Å². The highest BCUT2D eigenvalue weighted by Gasteiger charge is 2.22. The SMILES string of the molecule is C[C@@H](Nc1nn(C)c(=O)c2cnc(C3CCCNC3)cc12)c1cccc(C(F)F)c1F. The minimum absolute atomic E-state index is 0.104. The lowest BCUT2D eigenvalue weighted by molar-refractivity contribution is 0.146. The molecule has 0 amide bonds. The number of pyridine rings is 1. The number of benzene rings is 1. The lowest BCUT2D eigenvalue weighted by Crippen LogP contribution is -2.29. The Hall–Kier alpha value is -2.94. The number of nitrogens with one attached hydrogen (secondary N) is 2. The van der Waals surface area contributed by atoms with Crippen molar-refractivity contribution in [2.45, 2.75) is 38.2 Å². The average Bonchev–Trinajstić information content (AvgIpc) is 2.77. The number of halogens is 3. The Balaban J connectivity index is 1.75. The van der Waals surface area contributed by atoms with Crippen LogP contribution in [0.3, 0.4) is 0 Å². The highest BCUT2D eigenvalue weighted by Crippen LogP contribution is 2.31. The van der Waals surface area contributed by atoms with Crippen molar-refractivity contribution in [1.82, 2.24) is 20.1 Å². The second kappa shape index (κ2) is 8.66. The third-order valence-corrected chi connectivity index (χ3v) is 5.78. The molecular formula is C22H24F3N5O. The Labute approximate surface area is 177 Å². The molecule has 4 rings (SSSR count). The molecule has 2 aromatic heterocycles. The molecule has 9 heteroatoms. The number of alkyl halides is 2. The molecule has 1 aliphatic rings. The van der Waals surface area contributed by atoms with Gasteiger partial charge in [-0.25, -0.2) is 17.9 Å². The first kappa shape index (κ1) is 21.3. The second-order valence-corrected chi connectivity index (χ2v) is 7.89. The highest BCUT2D eigenvalue weighted by atomic mass is 19.3. The molecule has 1 aromatic carbocycles. The van der Waals surface area contributed by atoms with E-state index in [0.717, 1.165) is 37.7 Å². The topological polar surface area (TPSA) is 71.8 Å². The fraction of sp³-hybridized carbons (Fsp3) is 0.409. The van der Waals surface area contributed by atoms with Crippen LogP contribution in [0.25, 0.3) is 10.8 Å². The van der Waals surface area contributed by atoms with Crippen LogP contribution in [0.1, 0.15) is 55.0 Å². The minimum atomic E-state index is -2.90. The molecule has 164 valence electrons. The van der Waals surface area contributed by atoms with E-state index in [1.807, 2.05) is 6.07 Å². The third-order valence-electron chi connectivity index (χ3n) is 5.78. The molecule has 1 unspecified atom stereocenters. The Morgan fingerprint density at radius 2 is 2.03 bits per heavy atom. The van der Waals surface area contributed by atoms with Crippen molar-refractivity contribution in [1.29, 1.82) is 0 Å². The van der Waals surface area contributed by atoms with E-state index in [2.05, 4.69) is 20.7 Å². The van der Waals surface area contributed by atoms with Gasteiger partial charge in [-0.3, -0.25) is 9.78 Å². The van der Waals surface area contributed by atoms with Crippen LogP contribution in [0.5, 0.6) is 0 Å². The molecule has 3 heterocycles. The van der Waals surface area contributed by atoms with Gasteiger partial charge in [0.15, 0.2) is 5.82 Å². The van der Waals surface area contributed by atoms with Crippen molar-refractivity contribution in [3.8, 4) is 0 Å². The molecule has 31 heavy (non-hydrogen) atoms. The van der Waals surface area contributed by atoms with Crippen molar-refractivity contribution >= 4 is 16.6 Å². The quantitative estimate of drug-likeness (QED) is 0.638. The maximum Gasteiger partial charge on any atom is 0.276 e. The van der Waals surface area contributed by atoms with E-state index in [0.29, 0.717) is 16.6 Å². The van der Waals surface area contributed by atoms with Gasteiger partial charge in [-0.15, -0.1) is 0 Å². The molecule has 2 N–H and O–H groups in total. The monoisotopic (exact) mass is 431 g/mol. The summed E-state index contributed by atoms with van der Waals surface area (Å²) in [5.41, 5.74) is 0.0318. The summed E-state index contributed by atoms with van der Waals surface area (Å²) in [6.45, 7) is 3.45. The predicted molar refractivity (Wildman–Crippen MR) is 113 cm³/mol. The van der Waals surface area contributed by atoms with Gasteiger partial charge >= 0.3 is 0 Å². The summed E-state index contributed by atoms with van der Waals surface area (Å²) in [5, 5.41) is 11.7. The second-order valence-electron chi connectivity index (χ2n) is 7.89. The maximum absolute atomic E-state index is 14.6. The molecule has 0 bridgehead atoms. The lowest BCUT2D eigenvalue weighted by Gasteiger charge is -2.23. The summed E-state index contributed by atoms with van der Waals surface area (Å²) < 4.78 is 42.0. The summed E-state index contributed by atoms with van der Waals surface area (Å²) in [6, 6.07) is 5.14. The Morgan fingerprint density at radius 1 is 1.26 bits per heavy atom. The van der Waals surface area contributed by atoms with Gasteiger partial charge in [0.1, 0.15) is 5.82 Å². The first-order valence-corrected chi connectivity index (χ1v) is 10.3. The summed E-state index contributed by atoms with van der Waals surface area (Å²) in [6.07, 6.45) is 0.689. The molecule has 2 atom stereocenters. The predicted octanol–water partition coefficient (Wildman–Crippen LogP) is 4.05. The van der Waals surface area contributed by atoms with Gasteiger partial charge in [0.2, 0.25) is 0 Å². The first-order chi connectivity index (χ1) is 14.9. The Bertz CT molecular complexity index is 1160. The third kappa shape index (κ3) is 4.14. The zero-order valence-electron chi connectivity index (χ0n) is 17.3. The van der Waals surface area contributed by atoms with Gasteiger partial charge in [-0.05, 0) is 32.4 Å². The molecule has 0 spiro atoms. The number of piperidine rings is 1. The van der Waals surface area contributed by atoms with Crippen LogP contribution in [0.4, 0.5) is 19.0 Å². The molecule has 6 nitrogen and oxygen atoms in total. The van der Waals surface area contributed by atoms with Crippen molar-refractivity contribution in [2.75, 3.05) is 18.4 Å². The number of fused-ring (bicyclic) bond motifs is 1. The molecule has 0 radical (unpaired) electrons. The van der Waals surface area contributed by atoms with Crippen molar-refractivity contribution in [3.05, 3.63) is 63.5 Å². The van der Waals surface area contributed by atoms with Crippen LogP contribution >= 0.6 is 0 Å². The van der Waals surface area contributed by atoms with Crippen LogP contribution in [0.15, 0.2) is 35.3 Å². The van der Waals surface area contributed by atoms with Crippen molar-refractivity contribution < 1.29 is 13.2 Å². The molecule has 1 fully saturated rings. The largest absolute Gasteiger partial charge is 0.361 e. The van der Waals surface area contributed by atoms with Gasteiger partial charge in [0.05, 0.1) is 17.0 Å². The Morgan fingerprint density at radius 3 is 2.74 bits per heavy atom. The van der Waals surface area contributed by atoms with Crippen LogP contribution < -0.4 is 16.2 Å². The molecule has 1 saturated heterocycles. The smallest absolute Gasteiger partial charge is 0.276 e. The van der Waals surface area contributed by atoms with Crippen LogP contribution in [0.2, 0.25) is 0 Å². The number of anilines is 1. The number of hydrogen-bond donors (Lipinski definition) is 2. The zero-order chi connectivity index (χ0) is 22.1. The van der Waals surface area contributed by atoms with E-state index in [9.17, 15) is 18.0 Å². The highest BCUT2D eigenvalue weighted by molar-refractivity contribution is 5.90. The van der Waals surface area contributed by atoms with Gasteiger partial charge in [0, 0.05) is 42.4 Å². The summed E-state index contributed by atoms with van der Waals surface area (Å²) >= 11 is 0. The van der Waals surface area contributed by atoms with Crippen molar-refractivity contribution in [3.63, 3.8) is 0 Å². The molecule has 0 aliphatic carbocycles. The number of hydrogen-bond acceptors (Lipinski definition) is 5. The average molecular weight is 431 g/mol. The molecule has 1 aliphatic heterocycles. The summed E-state index contributed by atoms with van der Waals surface area (Å²) in [5.74, 6) is -0.339. The maximum atomic E-state index is 14.6. The number of nitrogens with zero attached hydrogens (tertiary/aromatic N) is 3. The standard InChI is InChI=1S/C22H24F3N5O/c1-12(14-6-3-7-15(19(14)23)20(24)25)28-21-16-9-18(13-5-4-8-26-10-13)27-11-17(16)22(31)30(2)29-21/h3,6-7,9,11-13,20,26H,4-5,8,10H2,1-2H3,(H,28,29)/t12-,13?/m1/s1. The number of aryl methyl sites for hydroxylation is 1. The van der Waals surface area contributed by atoms with Gasteiger partial charge in [-0.2, -0.15) is 5.10 Å². The summed E-state index contributed by atoms with van der Waals surface area (Å²) in [7, 11) is 1.52. The molecule has 3 aromatic rings. The van der Waals surface area contributed by atoms with Gasteiger partial charge in [0.25, 0.3) is 12.0 Å². The molecule has 0 saturated carbocycles.